The van der Waals surface area contributed by atoms with Crippen LogP contribution in [0.15, 0.2) is 156 Å². The standard InChI is InChI=1S/C45H30N2O/c1-2-10-32(11-3-1)46-40-16-6-4-12-36(40)44-34(14-8-17-41(44)46)28-20-22-38-30(24-28)26-33-27-31-25-29(21-23-39(31)47(33)38)35-15-9-19-43-45(35)37-13-5-7-18-42(37)48-43/h1-25,33H,26-27H2. The molecular formula is C45H30N2O. The van der Waals surface area contributed by atoms with E-state index >= 15 is 0 Å². The lowest BCUT2D eigenvalue weighted by Gasteiger charge is -2.21. The molecule has 0 N–H and O–H groups in total. The minimum atomic E-state index is 0.446. The largest absolute Gasteiger partial charge is 0.456 e. The van der Waals surface area contributed by atoms with Gasteiger partial charge in [0.05, 0.1) is 11.0 Å². The molecule has 2 aliphatic heterocycles. The number of hydrogen-bond donors (Lipinski definition) is 0. The van der Waals surface area contributed by atoms with Gasteiger partial charge in [-0.2, -0.15) is 0 Å². The lowest BCUT2D eigenvalue weighted by Crippen LogP contribution is -2.22. The Morgan fingerprint density at radius 3 is 1.85 bits per heavy atom. The summed E-state index contributed by atoms with van der Waals surface area (Å²) in [6.45, 7) is 0. The molecule has 0 aliphatic carbocycles. The fourth-order valence-corrected chi connectivity index (χ4v) is 8.72. The summed E-state index contributed by atoms with van der Waals surface area (Å²) in [7, 11) is 0. The van der Waals surface area contributed by atoms with Gasteiger partial charge in [0.25, 0.3) is 0 Å². The Labute approximate surface area is 277 Å². The second kappa shape index (κ2) is 9.73. The zero-order valence-corrected chi connectivity index (χ0v) is 26.2. The zero-order valence-electron chi connectivity index (χ0n) is 26.2. The summed E-state index contributed by atoms with van der Waals surface area (Å²) >= 11 is 0. The molecule has 0 fully saturated rings. The van der Waals surface area contributed by atoms with Gasteiger partial charge in [-0.05, 0) is 107 Å². The Morgan fingerprint density at radius 1 is 0.479 bits per heavy atom. The van der Waals surface area contributed by atoms with E-state index in [1.807, 2.05) is 6.07 Å². The van der Waals surface area contributed by atoms with Crippen molar-refractivity contribution in [3.05, 3.63) is 163 Å². The predicted molar refractivity (Wildman–Crippen MR) is 199 cm³/mol. The van der Waals surface area contributed by atoms with Gasteiger partial charge in [0.1, 0.15) is 11.2 Å². The topological polar surface area (TPSA) is 21.3 Å². The number of rotatable bonds is 3. The van der Waals surface area contributed by atoms with Gasteiger partial charge < -0.3 is 13.9 Å². The lowest BCUT2D eigenvalue weighted by atomic mass is 9.94. The van der Waals surface area contributed by atoms with E-state index in [1.165, 1.54) is 83.0 Å². The van der Waals surface area contributed by atoms with Crippen molar-refractivity contribution < 1.29 is 4.42 Å². The second-order valence-corrected chi connectivity index (χ2v) is 13.3. The van der Waals surface area contributed by atoms with Crippen LogP contribution in [-0.4, -0.2) is 10.6 Å². The molecule has 226 valence electrons. The molecule has 0 bridgehead atoms. The number of hydrogen-bond acceptors (Lipinski definition) is 2. The predicted octanol–water partition coefficient (Wildman–Crippen LogP) is 11.6. The second-order valence-electron chi connectivity index (χ2n) is 13.3. The highest BCUT2D eigenvalue weighted by atomic mass is 16.3. The molecular weight excluding hydrogens is 585 g/mol. The number of benzene rings is 7. The molecule has 48 heavy (non-hydrogen) atoms. The summed E-state index contributed by atoms with van der Waals surface area (Å²) in [6, 6.07) is 55.7. The van der Waals surface area contributed by atoms with Crippen molar-refractivity contribution in [2.75, 3.05) is 4.90 Å². The maximum absolute atomic E-state index is 6.21. The molecule has 0 amide bonds. The van der Waals surface area contributed by atoms with Crippen LogP contribution in [0.1, 0.15) is 11.1 Å². The van der Waals surface area contributed by atoms with Gasteiger partial charge in [-0.15, -0.1) is 0 Å². The first-order valence-electron chi connectivity index (χ1n) is 16.8. The van der Waals surface area contributed by atoms with Crippen LogP contribution in [0.5, 0.6) is 0 Å². The first-order chi connectivity index (χ1) is 23.8. The normalized spacial score (nSPS) is 15.1. The SMILES string of the molecule is c1ccc(-n2c3ccccc3c3c(-c4ccc5c(c4)CC4Cc6cc(-c7cccc8oc9ccccc9c78)ccc6N54)cccc32)cc1. The van der Waals surface area contributed by atoms with E-state index in [0.29, 0.717) is 6.04 Å². The smallest absolute Gasteiger partial charge is 0.136 e. The van der Waals surface area contributed by atoms with Crippen LogP contribution in [0.25, 0.3) is 71.7 Å². The van der Waals surface area contributed by atoms with Crippen molar-refractivity contribution in [1.29, 1.82) is 0 Å². The lowest BCUT2D eigenvalue weighted by molar-refractivity contribution is 0.669. The van der Waals surface area contributed by atoms with Crippen LogP contribution in [0.4, 0.5) is 11.4 Å². The van der Waals surface area contributed by atoms with Crippen LogP contribution in [0.3, 0.4) is 0 Å². The van der Waals surface area contributed by atoms with Crippen molar-refractivity contribution in [1.82, 2.24) is 4.57 Å². The molecule has 3 heteroatoms. The number of furan rings is 1. The summed E-state index contributed by atoms with van der Waals surface area (Å²) in [5, 5.41) is 4.98. The minimum absolute atomic E-state index is 0.446. The summed E-state index contributed by atoms with van der Waals surface area (Å²) in [5.41, 5.74) is 16.2. The maximum atomic E-state index is 6.21. The third-order valence-electron chi connectivity index (χ3n) is 10.7. The first-order valence-corrected chi connectivity index (χ1v) is 16.8. The van der Waals surface area contributed by atoms with E-state index in [1.54, 1.807) is 0 Å². The average molecular weight is 615 g/mol. The third-order valence-corrected chi connectivity index (χ3v) is 10.7. The third kappa shape index (κ3) is 3.59. The van der Waals surface area contributed by atoms with E-state index in [2.05, 4.69) is 155 Å². The molecule has 11 rings (SSSR count). The Morgan fingerprint density at radius 2 is 1.08 bits per heavy atom. The number of fused-ring (bicyclic) bond motifs is 11. The van der Waals surface area contributed by atoms with Crippen LogP contribution >= 0.6 is 0 Å². The van der Waals surface area contributed by atoms with Gasteiger partial charge in [0, 0.05) is 44.6 Å². The fraction of sp³-hybridized carbons (Fsp3) is 0.0667. The van der Waals surface area contributed by atoms with Crippen LogP contribution in [0.2, 0.25) is 0 Å². The van der Waals surface area contributed by atoms with E-state index in [0.717, 1.165) is 24.0 Å². The van der Waals surface area contributed by atoms with Crippen molar-refractivity contribution in [3.8, 4) is 27.9 Å². The van der Waals surface area contributed by atoms with E-state index < -0.39 is 0 Å². The molecule has 1 atom stereocenters. The number of para-hydroxylation sites is 3. The van der Waals surface area contributed by atoms with Gasteiger partial charge in [-0.1, -0.05) is 91.0 Å². The maximum Gasteiger partial charge on any atom is 0.136 e. The Balaban J connectivity index is 0.999. The van der Waals surface area contributed by atoms with Crippen molar-refractivity contribution in [3.63, 3.8) is 0 Å². The summed E-state index contributed by atoms with van der Waals surface area (Å²) in [5.74, 6) is 0. The minimum Gasteiger partial charge on any atom is -0.456 e. The molecule has 0 saturated carbocycles. The molecule has 0 spiro atoms. The van der Waals surface area contributed by atoms with E-state index in [4.69, 9.17) is 4.42 Å². The van der Waals surface area contributed by atoms with Crippen molar-refractivity contribution in [2.45, 2.75) is 18.9 Å². The molecule has 2 aliphatic rings. The van der Waals surface area contributed by atoms with Gasteiger partial charge >= 0.3 is 0 Å². The van der Waals surface area contributed by atoms with Crippen LogP contribution in [0, 0.1) is 0 Å². The quantitative estimate of drug-likeness (QED) is 0.197. The van der Waals surface area contributed by atoms with Crippen LogP contribution in [-0.2, 0) is 12.8 Å². The zero-order chi connectivity index (χ0) is 31.3. The molecule has 9 aromatic rings. The molecule has 3 nitrogen and oxygen atoms in total. The van der Waals surface area contributed by atoms with Gasteiger partial charge in [0.2, 0.25) is 0 Å². The summed E-state index contributed by atoms with van der Waals surface area (Å²) in [6.07, 6.45) is 2.10. The molecule has 0 radical (unpaired) electrons. The van der Waals surface area contributed by atoms with Gasteiger partial charge in [-0.3, -0.25) is 0 Å². The van der Waals surface area contributed by atoms with Crippen molar-refractivity contribution >= 4 is 55.1 Å². The van der Waals surface area contributed by atoms with Crippen LogP contribution < -0.4 is 4.90 Å². The first kappa shape index (κ1) is 26.1. The molecule has 4 heterocycles. The highest BCUT2D eigenvalue weighted by Gasteiger charge is 2.37. The Kier molecular flexibility index (Phi) is 5.28. The average Bonchev–Trinajstić information content (AvgIpc) is 3.88. The van der Waals surface area contributed by atoms with Gasteiger partial charge in [-0.25, -0.2) is 0 Å². The number of nitrogens with zero attached hydrogens (tertiary/aromatic N) is 2. The molecule has 1 unspecified atom stereocenters. The van der Waals surface area contributed by atoms with E-state index in [-0.39, 0.29) is 0 Å². The molecule has 0 saturated heterocycles. The van der Waals surface area contributed by atoms with Gasteiger partial charge in [0.15, 0.2) is 0 Å². The van der Waals surface area contributed by atoms with Crippen molar-refractivity contribution in [2.24, 2.45) is 0 Å². The monoisotopic (exact) mass is 614 g/mol. The molecule has 7 aromatic carbocycles. The number of anilines is 2. The summed E-state index contributed by atoms with van der Waals surface area (Å²) in [4.78, 5) is 2.59. The van der Waals surface area contributed by atoms with E-state index in [9.17, 15) is 0 Å². The Hall–Kier alpha value is -6.06. The summed E-state index contributed by atoms with van der Waals surface area (Å²) < 4.78 is 8.61. The fourth-order valence-electron chi connectivity index (χ4n) is 8.72. The number of aromatic nitrogens is 1. The highest BCUT2D eigenvalue weighted by Crippen LogP contribution is 2.49. The molecule has 2 aromatic heterocycles. The highest BCUT2D eigenvalue weighted by molar-refractivity contribution is 6.16. The Bertz CT molecular complexity index is 2750.